The Kier molecular flexibility index (Phi) is 5.69. The summed E-state index contributed by atoms with van der Waals surface area (Å²) in [6, 6.07) is 10.4. The predicted molar refractivity (Wildman–Crippen MR) is 124 cm³/mol. The summed E-state index contributed by atoms with van der Waals surface area (Å²) >= 11 is 0. The van der Waals surface area contributed by atoms with Gasteiger partial charge in [-0.05, 0) is 50.1 Å². The first kappa shape index (κ1) is 23.2. The molecule has 0 bridgehead atoms. The summed E-state index contributed by atoms with van der Waals surface area (Å²) in [6.07, 6.45) is -3.53. The predicted octanol–water partition coefficient (Wildman–Crippen LogP) is 4.51. The lowest BCUT2D eigenvalue weighted by Gasteiger charge is -2.16. The Hall–Kier alpha value is -3.56. The molecule has 3 aromatic heterocycles. The maximum Gasteiger partial charge on any atom is 0.433 e. The highest BCUT2D eigenvalue weighted by atomic mass is 19.4. The van der Waals surface area contributed by atoms with E-state index in [2.05, 4.69) is 20.7 Å². The van der Waals surface area contributed by atoms with Crippen LogP contribution in [0.1, 0.15) is 42.0 Å². The van der Waals surface area contributed by atoms with E-state index in [0.717, 1.165) is 27.2 Å². The first-order valence-electron chi connectivity index (χ1n) is 11.6. The number of hydrogen-bond donors (Lipinski definition) is 0. The molecule has 184 valence electrons. The van der Waals surface area contributed by atoms with Crippen LogP contribution in [0.25, 0.3) is 16.6 Å². The number of likely N-dealkylation sites (tertiary alicyclic amines) is 1. The Morgan fingerprint density at radius 3 is 2.74 bits per heavy atom. The quantitative estimate of drug-likeness (QED) is 0.418. The van der Waals surface area contributed by atoms with Crippen molar-refractivity contribution in [1.82, 2.24) is 24.1 Å². The second kappa shape index (κ2) is 8.58. The van der Waals surface area contributed by atoms with Gasteiger partial charge in [-0.2, -0.15) is 18.3 Å². The molecular formula is C25H26F3N5O2. The van der Waals surface area contributed by atoms with Crippen LogP contribution in [0, 0.1) is 6.92 Å². The molecule has 1 saturated heterocycles. The van der Waals surface area contributed by atoms with Crippen molar-refractivity contribution in [1.29, 1.82) is 0 Å². The van der Waals surface area contributed by atoms with Gasteiger partial charge in [0.25, 0.3) is 5.91 Å². The third kappa shape index (κ3) is 4.33. The molecule has 35 heavy (non-hydrogen) atoms. The highest BCUT2D eigenvalue weighted by molar-refractivity contribution is 5.83. The van der Waals surface area contributed by atoms with Crippen LogP contribution in [0.2, 0.25) is 0 Å². The number of benzene rings is 1. The molecule has 0 unspecified atom stereocenters. The number of ether oxygens (including phenoxy) is 1. The summed E-state index contributed by atoms with van der Waals surface area (Å²) in [4.78, 5) is 18.7. The molecule has 1 fully saturated rings. The molecule has 5 rings (SSSR count). The SMILES string of the molecule is CCc1cc(C(F)(F)F)n2nc([C@@H]3CCN(C(=O)COc4ccc5c(c4)cc(C)n5C)C3)cc2n1. The second-order valence-electron chi connectivity index (χ2n) is 9.00. The normalized spacial score (nSPS) is 16.5. The Morgan fingerprint density at radius 1 is 1.20 bits per heavy atom. The Bertz CT molecular complexity index is 1420. The highest BCUT2D eigenvalue weighted by Gasteiger charge is 2.36. The number of aromatic nitrogens is 4. The number of amides is 1. The average Bonchev–Trinajstić information content (AvgIpc) is 3.53. The van der Waals surface area contributed by atoms with Gasteiger partial charge >= 0.3 is 6.18 Å². The summed E-state index contributed by atoms with van der Waals surface area (Å²) in [6.45, 7) is 4.56. The number of carbonyl (C=O) groups excluding carboxylic acids is 1. The number of alkyl halides is 3. The summed E-state index contributed by atoms with van der Waals surface area (Å²) < 4.78 is 49.4. The molecule has 7 nitrogen and oxygen atoms in total. The van der Waals surface area contributed by atoms with Gasteiger partial charge < -0.3 is 14.2 Å². The highest BCUT2D eigenvalue weighted by Crippen LogP contribution is 2.32. The van der Waals surface area contributed by atoms with Crippen LogP contribution in [0.3, 0.4) is 0 Å². The van der Waals surface area contributed by atoms with E-state index in [0.29, 0.717) is 43.1 Å². The Balaban J connectivity index is 1.27. The van der Waals surface area contributed by atoms with Crippen LogP contribution in [0.4, 0.5) is 13.2 Å². The molecule has 0 saturated carbocycles. The number of halogens is 3. The van der Waals surface area contributed by atoms with Gasteiger partial charge in [0.2, 0.25) is 0 Å². The lowest BCUT2D eigenvalue weighted by Crippen LogP contribution is -2.32. The number of fused-ring (bicyclic) bond motifs is 2. The van der Waals surface area contributed by atoms with Crippen molar-refractivity contribution in [2.75, 3.05) is 19.7 Å². The summed E-state index contributed by atoms with van der Waals surface area (Å²) in [5.41, 5.74) is 2.43. The molecule has 4 aromatic rings. The van der Waals surface area contributed by atoms with Crippen LogP contribution in [0.5, 0.6) is 5.75 Å². The number of nitrogens with zero attached hydrogens (tertiary/aromatic N) is 5. The number of carbonyl (C=O) groups is 1. The monoisotopic (exact) mass is 485 g/mol. The minimum absolute atomic E-state index is 0.102. The standard InChI is InChI=1S/C25H26F3N5O2/c1-4-18-11-22(25(26,27)28)33-23(29-18)12-20(30-33)16-7-8-32(13-16)24(34)14-35-19-5-6-21-17(10-19)9-15(2)31(21)3/h5-6,9-12,16H,4,7-8,13-14H2,1-3H3/t16-/m1/s1. The smallest absolute Gasteiger partial charge is 0.433 e. The Morgan fingerprint density at radius 2 is 2.00 bits per heavy atom. The molecule has 1 atom stereocenters. The molecule has 0 N–H and O–H groups in total. The third-order valence-corrected chi connectivity index (χ3v) is 6.73. The topological polar surface area (TPSA) is 64.7 Å². The van der Waals surface area contributed by atoms with E-state index in [1.807, 2.05) is 32.2 Å². The first-order valence-corrected chi connectivity index (χ1v) is 11.6. The van der Waals surface area contributed by atoms with Gasteiger partial charge in [-0.1, -0.05) is 6.92 Å². The zero-order chi connectivity index (χ0) is 24.9. The molecule has 10 heteroatoms. The maximum atomic E-state index is 13.6. The van der Waals surface area contributed by atoms with Crippen LogP contribution in [-0.4, -0.2) is 49.7 Å². The second-order valence-corrected chi connectivity index (χ2v) is 9.00. The Labute approximate surface area is 200 Å². The molecule has 1 aromatic carbocycles. The van der Waals surface area contributed by atoms with Gasteiger partial charge in [-0.25, -0.2) is 9.50 Å². The molecule has 0 aliphatic carbocycles. The van der Waals surface area contributed by atoms with Gasteiger partial charge in [-0.3, -0.25) is 4.79 Å². The zero-order valence-electron chi connectivity index (χ0n) is 19.8. The fraction of sp³-hybridized carbons (Fsp3) is 0.400. The molecular weight excluding hydrogens is 459 g/mol. The maximum absolute atomic E-state index is 13.6. The summed E-state index contributed by atoms with van der Waals surface area (Å²) in [7, 11) is 2.00. The van der Waals surface area contributed by atoms with E-state index >= 15 is 0 Å². The van der Waals surface area contributed by atoms with E-state index in [-0.39, 0.29) is 24.1 Å². The average molecular weight is 486 g/mol. The van der Waals surface area contributed by atoms with Crippen molar-refractivity contribution < 1.29 is 22.7 Å². The minimum atomic E-state index is -4.54. The third-order valence-electron chi connectivity index (χ3n) is 6.73. The van der Waals surface area contributed by atoms with Gasteiger partial charge in [0.1, 0.15) is 11.4 Å². The van der Waals surface area contributed by atoms with Crippen LogP contribution in [0.15, 0.2) is 36.4 Å². The van der Waals surface area contributed by atoms with E-state index < -0.39 is 11.9 Å². The molecule has 4 heterocycles. The largest absolute Gasteiger partial charge is 0.484 e. The lowest BCUT2D eigenvalue weighted by atomic mass is 10.1. The van der Waals surface area contributed by atoms with Crippen molar-refractivity contribution >= 4 is 22.5 Å². The van der Waals surface area contributed by atoms with Gasteiger partial charge in [0.15, 0.2) is 12.3 Å². The van der Waals surface area contributed by atoms with Crippen molar-refractivity contribution in [3.8, 4) is 5.75 Å². The van der Waals surface area contributed by atoms with E-state index in [9.17, 15) is 18.0 Å². The van der Waals surface area contributed by atoms with E-state index in [1.165, 1.54) is 0 Å². The van der Waals surface area contributed by atoms with Gasteiger partial charge in [-0.15, -0.1) is 0 Å². The van der Waals surface area contributed by atoms with Crippen molar-refractivity contribution in [2.24, 2.45) is 7.05 Å². The number of aryl methyl sites for hydroxylation is 3. The molecule has 1 aliphatic heterocycles. The van der Waals surface area contributed by atoms with E-state index in [4.69, 9.17) is 4.74 Å². The fourth-order valence-corrected chi connectivity index (χ4v) is 4.65. The first-order chi connectivity index (χ1) is 16.6. The van der Waals surface area contributed by atoms with Crippen molar-refractivity contribution in [3.05, 3.63) is 59.2 Å². The number of hydrogen-bond acceptors (Lipinski definition) is 4. The molecule has 0 radical (unpaired) electrons. The minimum Gasteiger partial charge on any atom is -0.484 e. The van der Waals surface area contributed by atoms with Gasteiger partial charge in [0.05, 0.1) is 5.69 Å². The molecule has 1 aliphatic rings. The van der Waals surface area contributed by atoms with Crippen LogP contribution >= 0.6 is 0 Å². The van der Waals surface area contributed by atoms with Crippen LogP contribution in [-0.2, 0) is 24.4 Å². The van der Waals surface area contributed by atoms with Crippen molar-refractivity contribution in [3.63, 3.8) is 0 Å². The van der Waals surface area contributed by atoms with E-state index in [1.54, 1.807) is 17.9 Å². The van der Waals surface area contributed by atoms with Crippen molar-refractivity contribution in [2.45, 2.75) is 38.8 Å². The van der Waals surface area contributed by atoms with Crippen LogP contribution < -0.4 is 4.74 Å². The fourth-order valence-electron chi connectivity index (χ4n) is 4.65. The lowest BCUT2D eigenvalue weighted by molar-refractivity contribution is -0.142. The summed E-state index contributed by atoms with van der Waals surface area (Å²) in [5.74, 6) is 0.295. The zero-order valence-corrected chi connectivity index (χ0v) is 19.8. The summed E-state index contributed by atoms with van der Waals surface area (Å²) in [5, 5.41) is 5.27. The van der Waals surface area contributed by atoms with Gasteiger partial charge in [0, 0.05) is 54.4 Å². The molecule has 0 spiro atoms. The molecule has 1 amide bonds. The number of rotatable bonds is 5.